The predicted molar refractivity (Wildman–Crippen MR) is 54.4 cm³/mol. The number of carboxylic acid groups (broad SMARTS) is 2. The molecule has 4 nitrogen and oxygen atoms in total. The minimum atomic E-state index is -1.14. The van der Waals surface area contributed by atoms with Gasteiger partial charge in [0.15, 0.2) is 0 Å². The van der Waals surface area contributed by atoms with Crippen LogP contribution in [0.5, 0.6) is 0 Å². The van der Waals surface area contributed by atoms with Gasteiger partial charge in [0.25, 0.3) is 0 Å². The molecule has 0 bridgehead atoms. The number of hydrogen-bond acceptors (Lipinski definition) is 2. The van der Waals surface area contributed by atoms with E-state index in [1.54, 1.807) is 13.8 Å². The van der Waals surface area contributed by atoms with E-state index in [2.05, 4.69) is 0 Å². The minimum absolute atomic E-state index is 0. The number of aliphatic carboxylic acids is 2. The predicted octanol–water partition coefficient (Wildman–Crippen LogP) is 0.511. The number of carbonyl (C=O) groups is 2. The van der Waals surface area contributed by atoms with Crippen LogP contribution in [-0.4, -0.2) is 125 Å². The van der Waals surface area contributed by atoms with Gasteiger partial charge in [0.2, 0.25) is 0 Å². The molecular weight excluding hydrogens is 238 g/mol. The molecule has 0 saturated heterocycles. The molecule has 0 aliphatic heterocycles. The van der Waals surface area contributed by atoms with Crippen LogP contribution in [-0.2, 0) is 9.59 Å². The van der Waals surface area contributed by atoms with Crippen molar-refractivity contribution in [2.45, 2.75) is 26.7 Å². The van der Waals surface area contributed by atoms with Gasteiger partial charge in [0.1, 0.15) is 0 Å². The standard InChI is InChI=1S/C8H12O4.2K/c1-3-5(7(9)10)6(4-2)8(11)12;;/h3-4H2,1-2H3,(H,9,10)(H,11,12);;. The van der Waals surface area contributed by atoms with Crippen LogP contribution in [0.4, 0.5) is 0 Å². The molecule has 0 aliphatic rings. The fourth-order valence-corrected chi connectivity index (χ4v) is 0.987. The van der Waals surface area contributed by atoms with Crippen molar-refractivity contribution in [3.63, 3.8) is 0 Å². The first-order chi connectivity index (χ1) is 5.54. The van der Waals surface area contributed by atoms with E-state index in [1.165, 1.54) is 0 Å². The van der Waals surface area contributed by atoms with Gasteiger partial charge < -0.3 is 10.2 Å². The number of hydrogen-bond donors (Lipinski definition) is 2. The second-order valence-electron chi connectivity index (χ2n) is 2.27. The van der Waals surface area contributed by atoms with Gasteiger partial charge in [-0.3, -0.25) is 0 Å². The van der Waals surface area contributed by atoms with Crippen LogP contribution in [0.2, 0.25) is 0 Å². The van der Waals surface area contributed by atoms with E-state index in [-0.39, 0.29) is 127 Å². The molecule has 0 unspecified atom stereocenters. The molecule has 70 valence electrons. The summed E-state index contributed by atoms with van der Waals surface area (Å²) in [5, 5.41) is 17.2. The molecule has 0 aromatic heterocycles. The summed E-state index contributed by atoms with van der Waals surface area (Å²) in [5.41, 5.74) is -0.0185. The van der Waals surface area contributed by atoms with Crippen LogP contribution in [0.3, 0.4) is 0 Å². The zero-order chi connectivity index (χ0) is 9.72. The monoisotopic (exact) mass is 250 g/mol. The van der Waals surface area contributed by atoms with Crippen molar-refractivity contribution in [2.75, 3.05) is 0 Å². The maximum absolute atomic E-state index is 10.5. The Morgan fingerprint density at radius 3 is 1.14 bits per heavy atom. The average Bonchev–Trinajstić information content (AvgIpc) is 1.98. The first-order valence-corrected chi connectivity index (χ1v) is 3.73. The Bertz CT molecular complexity index is 211. The maximum atomic E-state index is 10.5. The maximum Gasteiger partial charge on any atom is 0.332 e. The fraction of sp³-hybridized carbons (Fsp3) is 0.500. The van der Waals surface area contributed by atoms with Crippen molar-refractivity contribution < 1.29 is 19.8 Å². The van der Waals surface area contributed by atoms with Gasteiger partial charge in [0, 0.05) is 114 Å². The molecule has 0 aromatic carbocycles. The molecule has 14 heavy (non-hydrogen) atoms. The van der Waals surface area contributed by atoms with E-state index < -0.39 is 11.9 Å². The number of rotatable bonds is 4. The quantitative estimate of drug-likeness (QED) is 0.563. The van der Waals surface area contributed by atoms with E-state index in [1.807, 2.05) is 0 Å². The molecule has 0 saturated carbocycles. The first-order valence-electron chi connectivity index (χ1n) is 3.73. The molecule has 0 spiro atoms. The van der Waals surface area contributed by atoms with Gasteiger partial charge in [-0.05, 0) is 12.8 Å². The largest absolute Gasteiger partial charge is 0.478 e. The molecule has 0 heterocycles. The zero-order valence-electron chi connectivity index (χ0n) is 9.13. The third-order valence-corrected chi connectivity index (χ3v) is 1.59. The van der Waals surface area contributed by atoms with E-state index in [0.29, 0.717) is 0 Å². The van der Waals surface area contributed by atoms with Crippen molar-refractivity contribution in [3.8, 4) is 0 Å². The van der Waals surface area contributed by atoms with Gasteiger partial charge in [-0.2, -0.15) is 0 Å². The third kappa shape index (κ3) is 7.26. The van der Waals surface area contributed by atoms with Crippen molar-refractivity contribution in [2.24, 2.45) is 0 Å². The second-order valence-corrected chi connectivity index (χ2v) is 2.27. The van der Waals surface area contributed by atoms with Gasteiger partial charge in [-0.15, -0.1) is 0 Å². The molecular formula is C8H12K2O4. The minimum Gasteiger partial charge on any atom is -0.478 e. The topological polar surface area (TPSA) is 74.6 Å². The van der Waals surface area contributed by atoms with Crippen LogP contribution in [0.1, 0.15) is 26.7 Å². The van der Waals surface area contributed by atoms with E-state index >= 15 is 0 Å². The van der Waals surface area contributed by atoms with Crippen molar-refractivity contribution >= 4 is 115 Å². The summed E-state index contributed by atoms with van der Waals surface area (Å²) in [4.78, 5) is 21.0. The molecule has 0 aliphatic carbocycles. The summed E-state index contributed by atoms with van der Waals surface area (Å²) in [6, 6.07) is 0. The Morgan fingerprint density at radius 2 is 1.07 bits per heavy atom. The Labute approximate surface area is 168 Å². The van der Waals surface area contributed by atoms with Crippen LogP contribution >= 0.6 is 0 Å². The van der Waals surface area contributed by atoms with Crippen molar-refractivity contribution in [3.05, 3.63) is 11.1 Å². The van der Waals surface area contributed by atoms with Crippen molar-refractivity contribution in [1.82, 2.24) is 0 Å². The van der Waals surface area contributed by atoms with E-state index in [4.69, 9.17) is 10.2 Å². The average molecular weight is 250 g/mol. The Hall–Kier alpha value is 1.95. The second kappa shape index (κ2) is 11.4. The molecule has 6 heteroatoms. The normalized spacial score (nSPS) is 10.4. The SMILES string of the molecule is CCC(C(=O)O)=C(CC)C(=O)O.[K].[K]. The van der Waals surface area contributed by atoms with Gasteiger partial charge >= 0.3 is 11.9 Å². The molecule has 0 atom stereocenters. The summed E-state index contributed by atoms with van der Waals surface area (Å²) in [6.07, 6.45) is 0.482. The van der Waals surface area contributed by atoms with Gasteiger partial charge in [0.05, 0.1) is 0 Å². The Kier molecular flexibility index (Phi) is 17.4. The molecule has 0 fully saturated rings. The molecule has 0 amide bonds. The molecule has 2 N–H and O–H groups in total. The molecule has 0 rings (SSSR count). The summed E-state index contributed by atoms with van der Waals surface area (Å²) in [5.74, 6) is -2.28. The molecule has 0 aromatic rings. The Balaban J connectivity index is -0.000000605. The summed E-state index contributed by atoms with van der Waals surface area (Å²) < 4.78 is 0. The van der Waals surface area contributed by atoms with Crippen LogP contribution in [0.15, 0.2) is 11.1 Å². The van der Waals surface area contributed by atoms with E-state index in [9.17, 15) is 9.59 Å². The van der Waals surface area contributed by atoms with Crippen molar-refractivity contribution in [1.29, 1.82) is 0 Å². The fourth-order valence-electron chi connectivity index (χ4n) is 0.987. The summed E-state index contributed by atoms with van der Waals surface area (Å²) >= 11 is 0. The smallest absolute Gasteiger partial charge is 0.332 e. The van der Waals surface area contributed by atoms with Crippen LogP contribution in [0, 0.1) is 0 Å². The summed E-state index contributed by atoms with van der Waals surface area (Å²) in [6.45, 7) is 3.25. The van der Waals surface area contributed by atoms with Gasteiger partial charge in [-0.1, -0.05) is 13.8 Å². The first kappa shape index (κ1) is 21.3. The summed E-state index contributed by atoms with van der Waals surface area (Å²) in [7, 11) is 0. The number of carboxylic acids is 2. The van der Waals surface area contributed by atoms with Crippen LogP contribution in [0.25, 0.3) is 0 Å². The van der Waals surface area contributed by atoms with Gasteiger partial charge in [-0.25, -0.2) is 9.59 Å². The van der Waals surface area contributed by atoms with E-state index in [0.717, 1.165) is 0 Å². The molecule has 2 radical (unpaired) electrons. The zero-order valence-corrected chi connectivity index (χ0v) is 15.4. The third-order valence-electron chi connectivity index (χ3n) is 1.59. The Morgan fingerprint density at radius 1 is 0.857 bits per heavy atom. The van der Waals surface area contributed by atoms with Crippen LogP contribution < -0.4 is 0 Å².